The third kappa shape index (κ3) is 5.56. The summed E-state index contributed by atoms with van der Waals surface area (Å²) in [5.74, 6) is -5.78. The highest BCUT2D eigenvalue weighted by atomic mass is 19.4. The Kier molecular flexibility index (Phi) is 6.80. The van der Waals surface area contributed by atoms with Gasteiger partial charge in [-0.15, -0.1) is 0 Å². The van der Waals surface area contributed by atoms with Gasteiger partial charge in [-0.3, -0.25) is 0 Å². The highest BCUT2D eigenvalue weighted by Gasteiger charge is 2.64. The topological polar surface area (TPSA) is 3.24 Å². The number of alkyl halides is 6. The fourth-order valence-corrected chi connectivity index (χ4v) is 4.25. The first-order chi connectivity index (χ1) is 14.1. The summed E-state index contributed by atoms with van der Waals surface area (Å²) in [6.45, 7) is 1.70. The number of aryl methyl sites for hydroxylation is 1. The van der Waals surface area contributed by atoms with Gasteiger partial charge in [0.1, 0.15) is 0 Å². The standard InChI is InChI=1S/C23H25F6N/c1-30(15-17-6-3-2-4-7-17)13-5-8-16-9-11-18(12-10-16)19-14-20(22(24,25)26)21(19)23(27,28)29/h2-4,6-7,9-12,19-21H,5,8,13-15H2,1H3. The monoisotopic (exact) mass is 429 g/mol. The van der Waals surface area contributed by atoms with E-state index in [-0.39, 0.29) is 0 Å². The summed E-state index contributed by atoms with van der Waals surface area (Å²) in [5.41, 5.74) is 2.53. The van der Waals surface area contributed by atoms with E-state index in [1.807, 2.05) is 25.2 Å². The van der Waals surface area contributed by atoms with Crippen molar-refractivity contribution in [1.82, 2.24) is 4.90 Å². The van der Waals surface area contributed by atoms with Crippen LogP contribution in [0, 0.1) is 11.8 Å². The second-order valence-corrected chi connectivity index (χ2v) is 8.13. The van der Waals surface area contributed by atoms with E-state index in [0.717, 1.165) is 31.5 Å². The highest BCUT2D eigenvalue weighted by Crippen LogP contribution is 2.59. The third-order valence-electron chi connectivity index (χ3n) is 5.88. The molecule has 1 aliphatic carbocycles. The Bertz CT molecular complexity index is 797. The predicted molar refractivity (Wildman–Crippen MR) is 104 cm³/mol. The van der Waals surface area contributed by atoms with E-state index in [9.17, 15) is 26.3 Å². The molecule has 164 valence electrons. The Labute approximate surface area is 172 Å². The maximum absolute atomic E-state index is 13.2. The van der Waals surface area contributed by atoms with Gasteiger partial charge in [0.2, 0.25) is 0 Å². The van der Waals surface area contributed by atoms with Gasteiger partial charge < -0.3 is 4.90 Å². The molecule has 0 radical (unpaired) electrons. The molecule has 3 unspecified atom stereocenters. The molecular formula is C23H25F6N. The summed E-state index contributed by atoms with van der Waals surface area (Å²) in [6, 6.07) is 16.7. The van der Waals surface area contributed by atoms with Crippen LogP contribution in [0.2, 0.25) is 0 Å². The van der Waals surface area contributed by atoms with Crippen LogP contribution < -0.4 is 0 Å². The Balaban J connectivity index is 1.52. The van der Waals surface area contributed by atoms with Crippen LogP contribution in [0.4, 0.5) is 26.3 Å². The van der Waals surface area contributed by atoms with Crippen LogP contribution in [0.1, 0.15) is 35.4 Å². The number of halogens is 6. The Morgan fingerprint density at radius 2 is 1.47 bits per heavy atom. The summed E-state index contributed by atoms with van der Waals surface area (Å²) in [7, 11) is 2.03. The third-order valence-corrected chi connectivity index (χ3v) is 5.88. The first-order valence-corrected chi connectivity index (χ1v) is 10.0. The van der Waals surface area contributed by atoms with Gasteiger partial charge >= 0.3 is 12.4 Å². The second kappa shape index (κ2) is 9.00. The first-order valence-electron chi connectivity index (χ1n) is 10.0. The van der Waals surface area contributed by atoms with Crippen molar-refractivity contribution in [3.63, 3.8) is 0 Å². The average Bonchev–Trinajstić information content (AvgIpc) is 2.60. The van der Waals surface area contributed by atoms with E-state index < -0.39 is 36.5 Å². The molecule has 1 nitrogen and oxygen atoms in total. The molecule has 7 heteroatoms. The largest absolute Gasteiger partial charge is 0.393 e. The molecule has 0 saturated heterocycles. The van der Waals surface area contributed by atoms with Crippen LogP contribution in [0.5, 0.6) is 0 Å². The van der Waals surface area contributed by atoms with Crippen molar-refractivity contribution in [1.29, 1.82) is 0 Å². The van der Waals surface area contributed by atoms with Crippen molar-refractivity contribution >= 4 is 0 Å². The van der Waals surface area contributed by atoms with E-state index in [1.54, 1.807) is 24.3 Å². The summed E-state index contributed by atoms with van der Waals surface area (Å²) < 4.78 is 78.2. The average molecular weight is 429 g/mol. The quantitative estimate of drug-likeness (QED) is 0.449. The van der Waals surface area contributed by atoms with E-state index in [4.69, 9.17) is 0 Å². The van der Waals surface area contributed by atoms with Gasteiger partial charge in [-0.1, -0.05) is 54.6 Å². The zero-order valence-electron chi connectivity index (χ0n) is 16.7. The van der Waals surface area contributed by atoms with Gasteiger partial charge in [0, 0.05) is 6.54 Å². The molecule has 3 rings (SSSR count). The molecule has 1 saturated carbocycles. The summed E-state index contributed by atoms with van der Waals surface area (Å²) >= 11 is 0. The lowest BCUT2D eigenvalue weighted by atomic mass is 9.61. The number of rotatable bonds is 7. The molecule has 0 aliphatic heterocycles. The van der Waals surface area contributed by atoms with E-state index in [2.05, 4.69) is 17.0 Å². The first kappa shape index (κ1) is 22.7. The van der Waals surface area contributed by atoms with Crippen LogP contribution >= 0.6 is 0 Å². The molecular weight excluding hydrogens is 404 g/mol. The maximum Gasteiger partial charge on any atom is 0.393 e. The van der Waals surface area contributed by atoms with Crippen molar-refractivity contribution in [2.45, 2.75) is 44.1 Å². The van der Waals surface area contributed by atoms with Gasteiger partial charge in [-0.2, -0.15) is 26.3 Å². The SMILES string of the molecule is CN(CCCc1ccc(C2CC(C(F)(F)F)C2C(F)(F)F)cc1)Cc1ccccc1. The van der Waals surface area contributed by atoms with Crippen molar-refractivity contribution in [3.8, 4) is 0 Å². The molecule has 2 aromatic carbocycles. The zero-order chi connectivity index (χ0) is 21.9. The fourth-order valence-electron chi connectivity index (χ4n) is 4.25. The predicted octanol–water partition coefficient (Wildman–Crippen LogP) is 6.60. The van der Waals surface area contributed by atoms with E-state index in [1.165, 1.54) is 5.56 Å². The lowest BCUT2D eigenvalue weighted by Gasteiger charge is -2.46. The minimum absolute atomic E-state index is 0.336. The molecule has 1 fully saturated rings. The van der Waals surface area contributed by atoms with Gasteiger partial charge in [0.15, 0.2) is 0 Å². The summed E-state index contributed by atoms with van der Waals surface area (Å²) in [4.78, 5) is 2.20. The molecule has 1 aliphatic rings. The normalized spacial score (nSPS) is 22.2. The minimum atomic E-state index is -4.86. The van der Waals surface area contributed by atoms with Crippen molar-refractivity contribution < 1.29 is 26.3 Å². The Morgan fingerprint density at radius 1 is 0.833 bits per heavy atom. The molecule has 0 amide bonds. The number of hydrogen-bond acceptors (Lipinski definition) is 1. The molecule has 0 heterocycles. The van der Waals surface area contributed by atoms with Crippen LogP contribution in [-0.2, 0) is 13.0 Å². The van der Waals surface area contributed by atoms with Gasteiger partial charge in [-0.25, -0.2) is 0 Å². The van der Waals surface area contributed by atoms with Gasteiger partial charge in [-0.05, 0) is 55.5 Å². The number of benzene rings is 2. The zero-order valence-corrected chi connectivity index (χ0v) is 16.7. The highest BCUT2D eigenvalue weighted by molar-refractivity contribution is 5.29. The van der Waals surface area contributed by atoms with Crippen LogP contribution in [0.3, 0.4) is 0 Å². The maximum atomic E-state index is 13.2. The lowest BCUT2D eigenvalue weighted by Crippen LogP contribution is -2.51. The molecule has 0 spiro atoms. The Hall–Kier alpha value is -2.02. The number of hydrogen-bond donors (Lipinski definition) is 0. The Morgan fingerprint density at radius 3 is 2.03 bits per heavy atom. The van der Waals surface area contributed by atoms with Crippen molar-refractivity contribution in [2.75, 3.05) is 13.6 Å². The fraction of sp³-hybridized carbons (Fsp3) is 0.478. The molecule has 0 bridgehead atoms. The molecule has 30 heavy (non-hydrogen) atoms. The second-order valence-electron chi connectivity index (χ2n) is 8.13. The van der Waals surface area contributed by atoms with Gasteiger partial charge in [0.05, 0.1) is 11.8 Å². The molecule has 3 atom stereocenters. The van der Waals surface area contributed by atoms with E-state index in [0.29, 0.717) is 5.56 Å². The number of nitrogens with zero attached hydrogens (tertiary/aromatic N) is 1. The smallest absolute Gasteiger partial charge is 0.302 e. The van der Waals surface area contributed by atoms with Crippen LogP contribution in [0.15, 0.2) is 54.6 Å². The van der Waals surface area contributed by atoms with E-state index >= 15 is 0 Å². The van der Waals surface area contributed by atoms with Crippen LogP contribution in [0.25, 0.3) is 0 Å². The molecule has 2 aromatic rings. The summed E-state index contributed by atoms with van der Waals surface area (Å²) in [5, 5.41) is 0. The van der Waals surface area contributed by atoms with Crippen LogP contribution in [-0.4, -0.2) is 30.8 Å². The van der Waals surface area contributed by atoms with Gasteiger partial charge in [0.25, 0.3) is 0 Å². The summed E-state index contributed by atoms with van der Waals surface area (Å²) in [6.07, 6.45) is -8.53. The van der Waals surface area contributed by atoms with Crippen molar-refractivity contribution in [2.24, 2.45) is 11.8 Å². The minimum Gasteiger partial charge on any atom is -0.302 e. The molecule has 0 N–H and O–H groups in total. The lowest BCUT2D eigenvalue weighted by molar-refractivity contribution is -0.292. The van der Waals surface area contributed by atoms with Crippen molar-refractivity contribution in [3.05, 3.63) is 71.3 Å². The molecule has 0 aromatic heterocycles.